The molecule has 72 valence electrons. The summed E-state index contributed by atoms with van der Waals surface area (Å²) in [5.74, 6) is 2.24. The maximum atomic E-state index is 10.9. The van der Waals surface area contributed by atoms with E-state index in [9.17, 15) is 4.79 Å². The summed E-state index contributed by atoms with van der Waals surface area (Å²) >= 11 is 0. The van der Waals surface area contributed by atoms with Crippen LogP contribution in [0.1, 0.15) is 19.8 Å². The van der Waals surface area contributed by atoms with Crippen molar-refractivity contribution >= 4 is 5.91 Å². The molecule has 1 N–H and O–H groups in total. The van der Waals surface area contributed by atoms with Crippen LogP contribution in [0.3, 0.4) is 0 Å². The highest BCUT2D eigenvalue weighted by Gasteiger charge is 2.20. The Morgan fingerprint density at radius 3 is 2.77 bits per heavy atom. The summed E-state index contributed by atoms with van der Waals surface area (Å²) in [5, 5.41) is 2.77. The van der Waals surface area contributed by atoms with E-state index in [4.69, 9.17) is 11.2 Å². The molecular formula is C10H15NO2. The molecule has 0 aliphatic carbocycles. The highest BCUT2D eigenvalue weighted by Crippen LogP contribution is 2.18. The molecule has 1 aliphatic heterocycles. The summed E-state index contributed by atoms with van der Waals surface area (Å²) in [6.45, 7) is 3.58. The van der Waals surface area contributed by atoms with Crippen molar-refractivity contribution in [3.05, 3.63) is 0 Å². The molecule has 1 amide bonds. The highest BCUT2D eigenvalue weighted by molar-refractivity contribution is 5.92. The van der Waals surface area contributed by atoms with Gasteiger partial charge in [0.2, 0.25) is 0 Å². The largest absolute Gasteiger partial charge is 0.381 e. The van der Waals surface area contributed by atoms with Crippen LogP contribution in [0.4, 0.5) is 0 Å². The molecule has 1 saturated heterocycles. The van der Waals surface area contributed by atoms with Crippen molar-refractivity contribution in [2.45, 2.75) is 25.8 Å². The summed E-state index contributed by atoms with van der Waals surface area (Å²) < 4.78 is 5.23. The number of ether oxygens (including phenoxy) is 1. The van der Waals surface area contributed by atoms with Crippen molar-refractivity contribution in [1.82, 2.24) is 5.32 Å². The van der Waals surface area contributed by atoms with Gasteiger partial charge in [0.1, 0.15) is 0 Å². The maximum Gasteiger partial charge on any atom is 0.295 e. The van der Waals surface area contributed by atoms with Crippen LogP contribution in [0, 0.1) is 18.3 Å². The summed E-state index contributed by atoms with van der Waals surface area (Å²) in [7, 11) is 0. The Hall–Kier alpha value is -1.01. The maximum absolute atomic E-state index is 10.9. The molecule has 1 rings (SSSR count). The number of hydrogen-bond donors (Lipinski definition) is 1. The smallest absolute Gasteiger partial charge is 0.295 e. The van der Waals surface area contributed by atoms with Crippen LogP contribution in [0.2, 0.25) is 0 Å². The Labute approximate surface area is 78.8 Å². The molecular weight excluding hydrogens is 166 g/mol. The summed E-state index contributed by atoms with van der Waals surface area (Å²) in [4.78, 5) is 10.9. The minimum absolute atomic E-state index is 0.160. The Kier molecular flexibility index (Phi) is 3.78. The molecule has 0 aromatic heterocycles. The third-order valence-electron chi connectivity index (χ3n) is 2.46. The Morgan fingerprint density at radius 2 is 2.23 bits per heavy atom. The SMILES string of the molecule is C#CC(=O)NC(C)C1CCOCC1. The van der Waals surface area contributed by atoms with Crippen LogP contribution in [-0.4, -0.2) is 25.2 Å². The first-order valence-corrected chi connectivity index (χ1v) is 4.59. The molecule has 0 saturated carbocycles. The molecule has 0 aromatic carbocycles. The third kappa shape index (κ3) is 3.08. The van der Waals surface area contributed by atoms with Gasteiger partial charge in [-0.3, -0.25) is 4.79 Å². The molecule has 0 bridgehead atoms. The van der Waals surface area contributed by atoms with Gasteiger partial charge in [0.05, 0.1) is 0 Å². The van der Waals surface area contributed by atoms with Crippen LogP contribution >= 0.6 is 0 Å². The number of terminal acetylenes is 1. The molecule has 3 heteroatoms. The zero-order valence-electron chi connectivity index (χ0n) is 7.88. The quantitative estimate of drug-likeness (QED) is 0.632. The van der Waals surface area contributed by atoms with Crippen molar-refractivity contribution in [3.63, 3.8) is 0 Å². The van der Waals surface area contributed by atoms with Crippen molar-refractivity contribution < 1.29 is 9.53 Å². The van der Waals surface area contributed by atoms with Crippen molar-refractivity contribution in [1.29, 1.82) is 0 Å². The van der Waals surface area contributed by atoms with Crippen LogP contribution in [-0.2, 0) is 9.53 Å². The molecule has 1 unspecified atom stereocenters. The first-order chi connectivity index (χ1) is 6.24. The van der Waals surface area contributed by atoms with Gasteiger partial charge in [0, 0.05) is 19.3 Å². The van der Waals surface area contributed by atoms with E-state index in [0.717, 1.165) is 26.1 Å². The minimum atomic E-state index is -0.320. The van der Waals surface area contributed by atoms with Crippen LogP contribution in [0.5, 0.6) is 0 Å². The van der Waals surface area contributed by atoms with Crippen molar-refractivity contribution in [2.75, 3.05) is 13.2 Å². The monoisotopic (exact) mass is 181 g/mol. The third-order valence-corrected chi connectivity index (χ3v) is 2.46. The second-order valence-electron chi connectivity index (χ2n) is 3.36. The van der Waals surface area contributed by atoms with Gasteiger partial charge < -0.3 is 10.1 Å². The van der Waals surface area contributed by atoms with Gasteiger partial charge >= 0.3 is 0 Å². The zero-order valence-corrected chi connectivity index (χ0v) is 7.88. The van der Waals surface area contributed by atoms with Gasteiger partial charge in [-0.25, -0.2) is 0 Å². The van der Waals surface area contributed by atoms with E-state index in [0.29, 0.717) is 5.92 Å². The average Bonchev–Trinajstić information content (AvgIpc) is 2.19. The predicted octanol–water partition coefficient (Wildman–Crippen LogP) is 0.551. The fourth-order valence-electron chi connectivity index (χ4n) is 1.58. The molecule has 3 nitrogen and oxygen atoms in total. The molecule has 1 atom stereocenters. The van der Waals surface area contributed by atoms with Gasteiger partial charge in [0.15, 0.2) is 0 Å². The normalized spacial score (nSPS) is 20.3. The van der Waals surface area contributed by atoms with E-state index in [1.807, 2.05) is 6.92 Å². The molecule has 1 aliphatic rings. The van der Waals surface area contributed by atoms with Gasteiger partial charge in [-0.1, -0.05) is 0 Å². The molecule has 0 aromatic rings. The fraction of sp³-hybridized carbons (Fsp3) is 0.700. The predicted molar refractivity (Wildman–Crippen MR) is 50.0 cm³/mol. The summed E-state index contributed by atoms with van der Waals surface area (Å²) in [5.41, 5.74) is 0. The van der Waals surface area contributed by atoms with Crippen LogP contribution in [0.15, 0.2) is 0 Å². The molecule has 0 spiro atoms. The number of carbonyl (C=O) groups is 1. The van der Waals surface area contributed by atoms with E-state index >= 15 is 0 Å². The van der Waals surface area contributed by atoms with E-state index in [-0.39, 0.29) is 11.9 Å². The van der Waals surface area contributed by atoms with Gasteiger partial charge in [0.25, 0.3) is 5.91 Å². The molecule has 1 heterocycles. The fourth-order valence-corrected chi connectivity index (χ4v) is 1.58. The Morgan fingerprint density at radius 1 is 1.62 bits per heavy atom. The van der Waals surface area contributed by atoms with Crippen molar-refractivity contribution in [3.8, 4) is 12.3 Å². The minimum Gasteiger partial charge on any atom is -0.381 e. The van der Waals surface area contributed by atoms with E-state index in [1.54, 1.807) is 0 Å². The van der Waals surface area contributed by atoms with E-state index in [1.165, 1.54) is 0 Å². The number of nitrogens with one attached hydrogen (secondary N) is 1. The summed E-state index contributed by atoms with van der Waals surface area (Å²) in [6, 6.07) is 0.160. The lowest BCUT2D eigenvalue weighted by molar-refractivity contribution is -0.116. The number of amides is 1. The lowest BCUT2D eigenvalue weighted by atomic mass is 9.93. The second-order valence-corrected chi connectivity index (χ2v) is 3.36. The van der Waals surface area contributed by atoms with Crippen LogP contribution in [0.25, 0.3) is 0 Å². The zero-order chi connectivity index (χ0) is 9.68. The molecule has 13 heavy (non-hydrogen) atoms. The number of carbonyl (C=O) groups excluding carboxylic acids is 1. The second kappa shape index (κ2) is 4.88. The van der Waals surface area contributed by atoms with Gasteiger partial charge in [-0.2, -0.15) is 0 Å². The lowest BCUT2D eigenvalue weighted by Gasteiger charge is -2.27. The summed E-state index contributed by atoms with van der Waals surface area (Å²) in [6.07, 6.45) is 6.98. The number of rotatable bonds is 2. The number of hydrogen-bond acceptors (Lipinski definition) is 2. The highest BCUT2D eigenvalue weighted by atomic mass is 16.5. The molecule has 1 fully saturated rings. The van der Waals surface area contributed by atoms with E-state index < -0.39 is 0 Å². The van der Waals surface area contributed by atoms with Crippen LogP contribution < -0.4 is 5.32 Å². The first kappa shape index (κ1) is 10.1. The van der Waals surface area contributed by atoms with Gasteiger partial charge in [-0.15, -0.1) is 6.42 Å². The van der Waals surface area contributed by atoms with Gasteiger partial charge in [-0.05, 0) is 31.6 Å². The topological polar surface area (TPSA) is 38.3 Å². The van der Waals surface area contributed by atoms with E-state index in [2.05, 4.69) is 11.2 Å². The Bertz CT molecular complexity index is 213. The lowest BCUT2D eigenvalue weighted by Crippen LogP contribution is -2.39. The molecule has 0 radical (unpaired) electrons. The van der Waals surface area contributed by atoms with Crippen molar-refractivity contribution in [2.24, 2.45) is 5.92 Å². The Balaban J connectivity index is 2.33. The average molecular weight is 181 g/mol. The standard InChI is InChI=1S/C10H15NO2/c1-3-10(12)11-8(2)9-4-6-13-7-5-9/h1,8-9H,4-7H2,2H3,(H,11,12). The first-order valence-electron chi connectivity index (χ1n) is 4.59.